The van der Waals surface area contributed by atoms with E-state index in [1.807, 2.05) is 36.4 Å². The Morgan fingerprint density at radius 2 is 1.92 bits per heavy atom. The van der Waals surface area contributed by atoms with Gasteiger partial charge >= 0.3 is 0 Å². The number of amides is 1. The van der Waals surface area contributed by atoms with Gasteiger partial charge < -0.3 is 14.8 Å². The summed E-state index contributed by atoms with van der Waals surface area (Å²) in [5.41, 5.74) is 2.18. The second-order valence-electron chi connectivity index (χ2n) is 9.27. The first-order valence-corrected chi connectivity index (χ1v) is 14.2. The Morgan fingerprint density at radius 3 is 2.64 bits per heavy atom. The molecule has 202 valence electrons. The molecule has 3 heterocycles. The number of para-hydroxylation sites is 1. The number of sulfonamides is 1. The van der Waals surface area contributed by atoms with Gasteiger partial charge in [-0.25, -0.2) is 13.1 Å². The van der Waals surface area contributed by atoms with Crippen LogP contribution in [0.2, 0.25) is 0 Å². The molecule has 3 aromatic rings. The molecule has 11 heteroatoms. The molecule has 0 bridgehead atoms. The van der Waals surface area contributed by atoms with E-state index in [0.29, 0.717) is 43.2 Å². The fourth-order valence-corrected chi connectivity index (χ4v) is 6.04. The molecule has 1 aromatic heterocycles. The number of ether oxygens (including phenoxy) is 2. The molecule has 39 heavy (non-hydrogen) atoms. The van der Waals surface area contributed by atoms with Crippen molar-refractivity contribution in [3.63, 3.8) is 0 Å². The van der Waals surface area contributed by atoms with Crippen molar-refractivity contribution in [3.8, 4) is 23.0 Å². The summed E-state index contributed by atoms with van der Waals surface area (Å²) >= 11 is 0. The van der Waals surface area contributed by atoms with E-state index in [0.717, 1.165) is 18.5 Å². The number of hydrogen-bond donors (Lipinski definition) is 1. The smallest absolute Gasteiger partial charge is 0.262 e. The van der Waals surface area contributed by atoms with Crippen molar-refractivity contribution in [3.05, 3.63) is 71.9 Å². The van der Waals surface area contributed by atoms with E-state index in [-0.39, 0.29) is 29.7 Å². The molecule has 1 amide bonds. The van der Waals surface area contributed by atoms with Gasteiger partial charge in [0, 0.05) is 43.6 Å². The summed E-state index contributed by atoms with van der Waals surface area (Å²) in [6.07, 6.45) is 4.96. The van der Waals surface area contributed by atoms with Crippen LogP contribution in [0.3, 0.4) is 0 Å². The van der Waals surface area contributed by atoms with Crippen LogP contribution in [0.15, 0.2) is 71.3 Å². The lowest BCUT2D eigenvalue weighted by Crippen LogP contribution is -2.40. The monoisotopic (exact) mass is 547 g/mol. The summed E-state index contributed by atoms with van der Waals surface area (Å²) in [5.74, 6) is -0.505. The maximum Gasteiger partial charge on any atom is 0.262 e. The summed E-state index contributed by atoms with van der Waals surface area (Å²) in [5, 5.41) is 17.3. The van der Waals surface area contributed by atoms with Crippen molar-refractivity contribution in [2.24, 2.45) is 0 Å². The molecule has 2 aliphatic heterocycles. The lowest BCUT2D eigenvalue weighted by atomic mass is 10.1. The standard InChI is InChI=1S/C28H29N5O5S/c29-18-22(28(34)30-19-25-9-5-13-38-25)16-23-20-33(24-7-2-1-3-8-24)31-27(23)21-6-4-10-26(17-21)39(35,36)32-11-14-37-15-12-32/h1-4,6-8,10,16-17,20,25H,5,9,11-15,19H2,(H,30,34)/b22-16+/t25-/m0/s1. The van der Waals surface area contributed by atoms with Crippen molar-refractivity contribution in [1.82, 2.24) is 19.4 Å². The molecule has 0 radical (unpaired) electrons. The van der Waals surface area contributed by atoms with Crippen LogP contribution in [0, 0.1) is 11.3 Å². The van der Waals surface area contributed by atoms with E-state index in [2.05, 4.69) is 5.32 Å². The van der Waals surface area contributed by atoms with Crippen molar-refractivity contribution in [2.45, 2.75) is 23.8 Å². The van der Waals surface area contributed by atoms with E-state index in [4.69, 9.17) is 14.6 Å². The van der Waals surface area contributed by atoms with Gasteiger partial charge in [0.1, 0.15) is 17.3 Å². The number of aromatic nitrogens is 2. The number of carbonyl (C=O) groups excluding carboxylic acids is 1. The quantitative estimate of drug-likeness (QED) is 0.339. The number of nitrogens with zero attached hydrogens (tertiary/aromatic N) is 4. The van der Waals surface area contributed by atoms with E-state index < -0.39 is 15.9 Å². The highest BCUT2D eigenvalue weighted by molar-refractivity contribution is 7.89. The molecule has 0 spiro atoms. The van der Waals surface area contributed by atoms with Gasteiger partial charge in [0.25, 0.3) is 5.91 Å². The van der Waals surface area contributed by atoms with Gasteiger partial charge in [0.05, 0.1) is 29.9 Å². The van der Waals surface area contributed by atoms with Crippen LogP contribution in [0.25, 0.3) is 23.0 Å². The fourth-order valence-electron chi connectivity index (χ4n) is 4.58. The highest BCUT2D eigenvalue weighted by atomic mass is 32.2. The van der Waals surface area contributed by atoms with Crippen molar-refractivity contribution < 1.29 is 22.7 Å². The molecule has 1 N–H and O–H groups in total. The zero-order valence-corrected chi connectivity index (χ0v) is 22.1. The molecule has 2 fully saturated rings. The Morgan fingerprint density at radius 1 is 1.13 bits per heavy atom. The van der Waals surface area contributed by atoms with Crippen LogP contribution in [-0.2, 0) is 24.3 Å². The summed E-state index contributed by atoms with van der Waals surface area (Å²) in [7, 11) is -3.73. The molecule has 0 saturated carbocycles. The summed E-state index contributed by atoms with van der Waals surface area (Å²) < 4.78 is 40.5. The summed E-state index contributed by atoms with van der Waals surface area (Å²) in [6.45, 7) is 2.27. The Balaban J connectivity index is 1.51. The first kappa shape index (κ1) is 26.8. The molecule has 1 atom stereocenters. The van der Waals surface area contributed by atoms with Crippen LogP contribution in [0.1, 0.15) is 18.4 Å². The van der Waals surface area contributed by atoms with Gasteiger partial charge in [-0.2, -0.15) is 14.7 Å². The second kappa shape index (κ2) is 11.9. The van der Waals surface area contributed by atoms with E-state index in [1.165, 1.54) is 10.4 Å². The largest absolute Gasteiger partial charge is 0.379 e. The first-order chi connectivity index (χ1) is 19.0. The van der Waals surface area contributed by atoms with Crippen LogP contribution in [-0.4, -0.2) is 74.0 Å². The Hall–Kier alpha value is -3.82. The van der Waals surface area contributed by atoms with Gasteiger partial charge in [-0.1, -0.05) is 30.3 Å². The SMILES string of the molecule is N#C/C(=C\c1cn(-c2ccccc2)nc1-c1cccc(S(=O)(=O)N2CCOCC2)c1)C(=O)NC[C@@H]1CCCO1. The average Bonchev–Trinajstić information content (AvgIpc) is 3.66. The number of nitriles is 1. The highest BCUT2D eigenvalue weighted by Gasteiger charge is 2.27. The zero-order chi connectivity index (χ0) is 27.2. The summed E-state index contributed by atoms with van der Waals surface area (Å²) in [6, 6.07) is 17.9. The molecular formula is C28H29N5O5S. The summed E-state index contributed by atoms with van der Waals surface area (Å²) in [4.78, 5) is 13.0. The molecular weight excluding hydrogens is 518 g/mol. The van der Waals surface area contributed by atoms with Gasteiger partial charge in [0.15, 0.2) is 0 Å². The number of benzene rings is 2. The molecule has 2 aliphatic rings. The molecule has 0 aliphatic carbocycles. The third kappa shape index (κ3) is 6.10. The van der Waals surface area contributed by atoms with Crippen LogP contribution < -0.4 is 5.32 Å². The predicted molar refractivity (Wildman–Crippen MR) is 144 cm³/mol. The minimum atomic E-state index is -3.73. The fraction of sp³-hybridized carbons (Fsp3) is 0.321. The third-order valence-corrected chi connectivity index (χ3v) is 8.55. The Labute approximate surface area is 227 Å². The van der Waals surface area contributed by atoms with Crippen molar-refractivity contribution in [2.75, 3.05) is 39.5 Å². The molecule has 2 saturated heterocycles. The van der Waals surface area contributed by atoms with Crippen molar-refractivity contribution >= 4 is 22.0 Å². The minimum Gasteiger partial charge on any atom is -0.379 e. The Bertz CT molecular complexity index is 1500. The molecule has 5 rings (SSSR count). The third-order valence-electron chi connectivity index (χ3n) is 6.66. The van der Waals surface area contributed by atoms with Crippen LogP contribution >= 0.6 is 0 Å². The Kier molecular flexibility index (Phi) is 8.18. The second-order valence-corrected chi connectivity index (χ2v) is 11.2. The maximum atomic E-state index is 13.3. The minimum absolute atomic E-state index is 0.0542. The molecule has 0 unspecified atom stereocenters. The number of rotatable bonds is 8. The molecule has 2 aromatic carbocycles. The number of nitrogens with one attached hydrogen (secondary N) is 1. The first-order valence-electron chi connectivity index (χ1n) is 12.8. The van der Waals surface area contributed by atoms with Gasteiger partial charge in [-0.05, 0) is 43.2 Å². The maximum absolute atomic E-state index is 13.3. The predicted octanol–water partition coefficient (Wildman–Crippen LogP) is 2.76. The molecule has 10 nitrogen and oxygen atoms in total. The lowest BCUT2D eigenvalue weighted by molar-refractivity contribution is -0.117. The van der Waals surface area contributed by atoms with Crippen LogP contribution in [0.4, 0.5) is 0 Å². The normalized spacial score (nSPS) is 18.5. The van der Waals surface area contributed by atoms with Gasteiger partial charge in [-0.15, -0.1) is 0 Å². The van der Waals surface area contributed by atoms with Crippen LogP contribution in [0.5, 0.6) is 0 Å². The van der Waals surface area contributed by atoms with E-state index >= 15 is 0 Å². The lowest BCUT2D eigenvalue weighted by Gasteiger charge is -2.26. The zero-order valence-electron chi connectivity index (χ0n) is 21.3. The van der Waals surface area contributed by atoms with E-state index in [9.17, 15) is 18.5 Å². The van der Waals surface area contributed by atoms with E-state index in [1.54, 1.807) is 35.1 Å². The average molecular weight is 548 g/mol. The van der Waals surface area contributed by atoms with Crippen molar-refractivity contribution in [1.29, 1.82) is 5.26 Å². The van der Waals surface area contributed by atoms with Gasteiger partial charge in [-0.3, -0.25) is 4.79 Å². The number of carbonyl (C=O) groups is 1. The topological polar surface area (TPSA) is 127 Å². The van der Waals surface area contributed by atoms with Gasteiger partial charge in [0.2, 0.25) is 10.0 Å². The highest BCUT2D eigenvalue weighted by Crippen LogP contribution is 2.29. The number of hydrogen-bond acceptors (Lipinski definition) is 7. The number of morpholine rings is 1.